The van der Waals surface area contributed by atoms with Crippen molar-refractivity contribution in [2.75, 3.05) is 0 Å². The van der Waals surface area contributed by atoms with Crippen LogP contribution in [0.25, 0.3) is 0 Å². The molecule has 0 aromatic heterocycles. The third kappa shape index (κ3) is 4.87. The van der Waals surface area contributed by atoms with Crippen molar-refractivity contribution in [3.63, 3.8) is 0 Å². The minimum atomic E-state index is -1.67. The zero-order chi connectivity index (χ0) is 4.83. The minimum absolute atomic E-state index is 0.969. The monoisotopic (exact) mass is 278 g/mol. The van der Waals surface area contributed by atoms with Gasteiger partial charge in [0.15, 0.2) is 0 Å². The number of rotatable bonds is 3. The van der Waals surface area contributed by atoms with Gasteiger partial charge in [-0.25, -0.2) is 0 Å². The molecule has 0 saturated carbocycles. The summed E-state index contributed by atoms with van der Waals surface area (Å²) in [6, 6.07) is 0. The van der Waals surface area contributed by atoms with Crippen LogP contribution in [0.1, 0.15) is 19.8 Å². The van der Waals surface area contributed by atoms with Crippen LogP contribution in [0.5, 0.6) is 0 Å². The quantitative estimate of drug-likeness (QED) is 0.547. The van der Waals surface area contributed by atoms with Crippen molar-refractivity contribution < 1.29 is 27.7 Å². The molecule has 0 radical (unpaired) electrons. The Bertz CT molecular complexity index is 19.5. The summed E-state index contributed by atoms with van der Waals surface area (Å²) in [4.78, 5) is 0. The number of hydrogen-bond donors (Lipinski definition) is 0. The standard InChI is InChI=1S/C4H9.FH.Hg/c1-3-4-2;;/h1,3-4H2,2H3;1H;/q;;+1/p-1. The average molecular weight is 277 g/mol. The second kappa shape index (κ2) is 5.87. The van der Waals surface area contributed by atoms with E-state index in [1.165, 1.54) is 6.42 Å². The van der Waals surface area contributed by atoms with Gasteiger partial charge in [0.05, 0.1) is 0 Å². The molecule has 0 atom stereocenters. The van der Waals surface area contributed by atoms with E-state index in [1.54, 1.807) is 0 Å². The molecule has 0 spiro atoms. The molecule has 0 rings (SSSR count). The van der Waals surface area contributed by atoms with E-state index in [-0.39, 0.29) is 0 Å². The number of halogens is 1. The van der Waals surface area contributed by atoms with Crippen molar-refractivity contribution >= 4 is 0 Å². The first-order valence-electron chi connectivity index (χ1n) is 2.47. The van der Waals surface area contributed by atoms with Gasteiger partial charge in [-0.2, -0.15) is 0 Å². The summed E-state index contributed by atoms with van der Waals surface area (Å²) in [6.07, 6.45) is 2.31. The van der Waals surface area contributed by atoms with Gasteiger partial charge in [-0.15, -0.1) is 0 Å². The van der Waals surface area contributed by atoms with Crippen LogP contribution in [0.3, 0.4) is 0 Å². The predicted molar refractivity (Wildman–Crippen MR) is 20.8 cm³/mol. The van der Waals surface area contributed by atoms with Gasteiger partial charge >= 0.3 is 51.4 Å². The molecule has 0 aliphatic heterocycles. The van der Waals surface area contributed by atoms with Gasteiger partial charge in [0.2, 0.25) is 0 Å². The van der Waals surface area contributed by atoms with Gasteiger partial charge in [-0.1, -0.05) is 0 Å². The molecule has 0 bridgehead atoms. The van der Waals surface area contributed by atoms with E-state index in [9.17, 15) is 2.47 Å². The summed E-state index contributed by atoms with van der Waals surface area (Å²) in [7, 11) is 0. The zero-order valence-electron chi connectivity index (χ0n) is 4.21. The van der Waals surface area contributed by atoms with Crippen LogP contribution in [-0.2, 0) is 25.2 Å². The van der Waals surface area contributed by atoms with E-state index in [4.69, 9.17) is 0 Å². The molecule has 34 valence electrons. The van der Waals surface area contributed by atoms with Crippen LogP contribution < -0.4 is 0 Å². The third-order valence-corrected chi connectivity index (χ3v) is 3.72. The van der Waals surface area contributed by atoms with Crippen molar-refractivity contribution in [3.8, 4) is 0 Å². The fourth-order valence-corrected chi connectivity index (χ4v) is 3.02. The maximum absolute atomic E-state index is 11.4. The summed E-state index contributed by atoms with van der Waals surface area (Å²) in [5.74, 6) is 0. The summed E-state index contributed by atoms with van der Waals surface area (Å²) in [6.45, 7) is 2.10. The van der Waals surface area contributed by atoms with Crippen molar-refractivity contribution in [2.24, 2.45) is 0 Å². The Morgan fingerprint density at radius 3 is 2.50 bits per heavy atom. The van der Waals surface area contributed by atoms with Crippen LogP contribution in [0.2, 0.25) is 3.93 Å². The second-order valence-corrected chi connectivity index (χ2v) is 5.61. The first-order chi connectivity index (χ1) is 2.91. The van der Waals surface area contributed by atoms with Crippen LogP contribution in [0.15, 0.2) is 0 Å². The van der Waals surface area contributed by atoms with Crippen molar-refractivity contribution in [2.45, 2.75) is 23.7 Å². The van der Waals surface area contributed by atoms with Gasteiger partial charge in [0.25, 0.3) is 0 Å². The van der Waals surface area contributed by atoms with Crippen molar-refractivity contribution in [3.05, 3.63) is 0 Å². The molecule has 2 heteroatoms. The Kier molecular flexibility index (Phi) is 6.71. The Hall–Kier alpha value is 0.865. The molecule has 0 saturated heterocycles. The molecule has 0 nitrogen and oxygen atoms in total. The zero-order valence-corrected chi connectivity index (χ0v) is 9.70. The predicted octanol–water partition coefficient (Wildman–Crippen LogP) is 2.17. The fourth-order valence-electron chi connectivity index (χ4n) is 0.344. The van der Waals surface area contributed by atoms with Crippen LogP contribution >= 0.6 is 0 Å². The Balaban J connectivity index is 2.34. The topological polar surface area (TPSA) is 0 Å². The van der Waals surface area contributed by atoms with E-state index < -0.39 is 25.2 Å². The van der Waals surface area contributed by atoms with Crippen molar-refractivity contribution in [1.29, 1.82) is 0 Å². The van der Waals surface area contributed by atoms with Gasteiger partial charge < -0.3 is 0 Å². The molecule has 0 aromatic carbocycles. The van der Waals surface area contributed by atoms with E-state index in [0.29, 0.717) is 0 Å². The van der Waals surface area contributed by atoms with Crippen LogP contribution in [0, 0.1) is 0 Å². The molecule has 0 fully saturated rings. The molecule has 6 heavy (non-hydrogen) atoms. The van der Waals surface area contributed by atoms with Gasteiger partial charge in [-0.05, 0) is 0 Å². The van der Waals surface area contributed by atoms with Crippen LogP contribution in [-0.4, -0.2) is 0 Å². The summed E-state index contributed by atoms with van der Waals surface area (Å²) < 4.78 is 12.4. The molecule has 0 aliphatic carbocycles. The molecule has 0 aromatic rings. The normalized spacial score (nSPS) is 7.67. The Labute approximate surface area is 51.5 Å². The Morgan fingerprint density at radius 1 is 1.67 bits per heavy atom. The molecule has 0 amide bonds. The average Bonchev–Trinajstić information content (AvgIpc) is 1.61. The Morgan fingerprint density at radius 2 is 2.33 bits per heavy atom. The summed E-state index contributed by atoms with van der Waals surface area (Å²) >= 11 is -1.67. The van der Waals surface area contributed by atoms with Crippen LogP contribution in [0.4, 0.5) is 2.47 Å². The molecule has 0 unspecified atom stereocenters. The second-order valence-electron chi connectivity index (χ2n) is 1.40. The number of hydrogen-bond acceptors (Lipinski definition) is 0. The first kappa shape index (κ1) is 6.87. The maximum atomic E-state index is 11.4. The van der Waals surface area contributed by atoms with E-state index in [2.05, 4.69) is 6.92 Å². The number of unbranched alkanes of at least 4 members (excludes halogenated alkanes) is 1. The van der Waals surface area contributed by atoms with E-state index in [0.717, 1.165) is 10.4 Å². The molecule has 0 heterocycles. The van der Waals surface area contributed by atoms with Crippen molar-refractivity contribution in [1.82, 2.24) is 0 Å². The molecular weight excluding hydrogens is 268 g/mol. The summed E-state index contributed by atoms with van der Waals surface area (Å²) in [5, 5.41) is 0. The van der Waals surface area contributed by atoms with Gasteiger partial charge in [-0.3, -0.25) is 0 Å². The summed E-state index contributed by atoms with van der Waals surface area (Å²) in [5.41, 5.74) is 0. The van der Waals surface area contributed by atoms with E-state index in [1.807, 2.05) is 0 Å². The first-order valence-corrected chi connectivity index (χ1v) is 8.44. The molecule has 0 N–H and O–H groups in total. The van der Waals surface area contributed by atoms with Gasteiger partial charge in [0.1, 0.15) is 0 Å². The molecule has 0 aliphatic rings. The van der Waals surface area contributed by atoms with Gasteiger partial charge in [0, 0.05) is 0 Å². The SMILES string of the molecule is CCC[CH2][Hg][F]. The molecular formula is C4H9FHg. The third-order valence-electron chi connectivity index (χ3n) is 0.737. The fraction of sp³-hybridized carbons (Fsp3) is 1.00. The van der Waals surface area contributed by atoms with E-state index >= 15 is 0 Å².